The Morgan fingerprint density at radius 2 is 2.15 bits per heavy atom. The number of carbonyl (C=O) groups is 1. The Bertz CT molecular complexity index is 333. The second-order valence-corrected chi connectivity index (χ2v) is 2.99. The lowest BCUT2D eigenvalue weighted by Gasteiger charge is -2.19. The molecule has 0 aliphatic heterocycles. The highest BCUT2D eigenvalue weighted by atomic mass is 16.3. The third-order valence-electron chi connectivity index (χ3n) is 1.89. The lowest BCUT2D eigenvalue weighted by Crippen LogP contribution is -2.38. The van der Waals surface area contributed by atoms with Crippen LogP contribution in [0.4, 0.5) is 0 Å². The molecule has 13 heavy (non-hydrogen) atoms. The van der Waals surface area contributed by atoms with Crippen LogP contribution in [0.1, 0.15) is 12.5 Å². The van der Waals surface area contributed by atoms with Crippen molar-refractivity contribution in [2.24, 2.45) is 5.73 Å². The van der Waals surface area contributed by atoms with Gasteiger partial charge in [-0.15, -0.1) is 0 Å². The highest BCUT2D eigenvalue weighted by Gasteiger charge is 2.29. The highest BCUT2D eigenvalue weighted by Crippen LogP contribution is 2.23. The molecule has 4 nitrogen and oxygen atoms in total. The molecule has 1 atom stereocenters. The summed E-state index contributed by atoms with van der Waals surface area (Å²) < 4.78 is 0. The monoisotopic (exact) mass is 181 g/mol. The number of nitrogens with two attached hydrogens (primary N) is 1. The van der Waals surface area contributed by atoms with Gasteiger partial charge in [-0.05, 0) is 24.6 Å². The van der Waals surface area contributed by atoms with Gasteiger partial charge in [-0.3, -0.25) is 4.79 Å². The first kappa shape index (κ1) is 9.54. The molecule has 0 saturated carbocycles. The molecule has 1 rings (SSSR count). The summed E-state index contributed by atoms with van der Waals surface area (Å²) in [5.41, 5.74) is 3.52. The minimum absolute atomic E-state index is 0.0148. The van der Waals surface area contributed by atoms with Crippen molar-refractivity contribution < 1.29 is 15.0 Å². The van der Waals surface area contributed by atoms with Crippen molar-refractivity contribution in [1.82, 2.24) is 0 Å². The Morgan fingerprint density at radius 3 is 2.62 bits per heavy atom. The molecule has 1 aromatic rings. The van der Waals surface area contributed by atoms with Crippen LogP contribution in [0.15, 0.2) is 24.3 Å². The molecule has 0 bridgehead atoms. The predicted molar refractivity (Wildman–Crippen MR) is 46.9 cm³/mol. The molecule has 0 fully saturated rings. The fourth-order valence-corrected chi connectivity index (χ4v) is 0.951. The van der Waals surface area contributed by atoms with E-state index in [0.29, 0.717) is 0 Å². The predicted octanol–water partition coefficient (Wildman–Crippen LogP) is 0.0850. The van der Waals surface area contributed by atoms with Crippen molar-refractivity contribution in [3.63, 3.8) is 0 Å². The van der Waals surface area contributed by atoms with E-state index in [1.165, 1.54) is 31.2 Å². The number of hydrogen-bond acceptors (Lipinski definition) is 3. The van der Waals surface area contributed by atoms with Gasteiger partial charge >= 0.3 is 0 Å². The van der Waals surface area contributed by atoms with Gasteiger partial charge in [-0.2, -0.15) is 0 Å². The van der Waals surface area contributed by atoms with E-state index in [1.54, 1.807) is 0 Å². The average Bonchev–Trinajstić information content (AvgIpc) is 2.04. The summed E-state index contributed by atoms with van der Waals surface area (Å²) in [4.78, 5) is 10.8. The van der Waals surface area contributed by atoms with Gasteiger partial charge < -0.3 is 15.9 Å². The molecule has 4 heteroatoms. The molecule has 0 aliphatic carbocycles. The van der Waals surface area contributed by atoms with Crippen LogP contribution in [0, 0.1) is 0 Å². The average molecular weight is 181 g/mol. The minimum atomic E-state index is -1.74. The van der Waals surface area contributed by atoms with Crippen LogP contribution in [0.2, 0.25) is 0 Å². The molecule has 4 N–H and O–H groups in total. The van der Waals surface area contributed by atoms with Crippen molar-refractivity contribution in [2.45, 2.75) is 12.5 Å². The summed E-state index contributed by atoms with van der Waals surface area (Å²) >= 11 is 0. The van der Waals surface area contributed by atoms with E-state index < -0.39 is 11.5 Å². The Balaban J connectivity index is 3.14. The molecule has 1 amide bonds. The van der Waals surface area contributed by atoms with Crippen LogP contribution in [0.5, 0.6) is 5.75 Å². The van der Waals surface area contributed by atoms with Gasteiger partial charge in [0.15, 0.2) is 5.60 Å². The molecule has 0 saturated heterocycles. The van der Waals surface area contributed by atoms with Crippen LogP contribution in [-0.2, 0) is 10.4 Å². The van der Waals surface area contributed by atoms with E-state index in [1.807, 2.05) is 0 Å². The largest absolute Gasteiger partial charge is 0.508 e. The Kier molecular flexibility index (Phi) is 2.25. The topological polar surface area (TPSA) is 83.5 Å². The summed E-state index contributed by atoms with van der Waals surface area (Å²) in [7, 11) is 0. The maximum atomic E-state index is 10.8. The maximum Gasteiger partial charge on any atom is 0.253 e. The SMILES string of the molecule is CC(O)(C(N)=O)c1cccc(O)c1. The number of carbonyl (C=O) groups excluding carboxylic acids is 1. The molecule has 1 aromatic carbocycles. The molecular weight excluding hydrogens is 170 g/mol. The minimum Gasteiger partial charge on any atom is -0.508 e. The molecule has 0 aromatic heterocycles. The third kappa shape index (κ3) is 1.78. The standard InChI is InChI=1S/C9H11NO3/c1-9(13,8(10)12)6-3-2-4-7(11)5-6/h2-5,11,13H,1H3,(H2,10,12). The van der Waals surface area contributed by atoms with Crippen LogP contribution >= 0.6 is 0 Å². The fourth-order valence-electron chi connectivity index (χ4n) is 0.951. The smallest absolute Gasteiger partial charge is 0.253 e. The first-order valence-corrected chi connectivity index (χ1v) is 3.76. The number of phenolic OH excluding ortho intramolecular Hbond substituents is 1. The molecule has 1 unspecified atom stereocenters. The van der Waals surface area contributed by atoms with Crippen molar-refractivity contribution in [3.8, 4) is 5.75 Å². The summed E-state index contributed by atoms with van der Waals surface area (Å²) in [6.45, 7) is 1.28. The zero-order valence-corrected chi connectivity index (χ0v) is 7.19. The fraction of sp³-hybridized carbons (Fsp3) is 0.222. The molecule has 0 spiro atoms. The molecule has 0 heterocycles. The first-order chi connectivity index (χ1) is 5.94. The number of amides is 1. The van der Waals surface area contributed by atoms with Gasteiger partial charge in [0.25, 0.3) is 5.91 Å². The van der Waals surface area contributed by atoms with Gasteiger partial charge in [0.1, 0.15) is 5.75 Å². The van der Waals surface area contributed by atoms with Crippen molar-refractivity contribution in [2.75, 3.05) is 0 Å². The summed E-state index contributed by atoms with van der Waals surface area (Å²) in [5, 5.41) is 18.7. The Labute approximate surface area is 75.6 Å². The third-order valence-corrected chi connectivity index (χ3v) is 1.89. The number of phenols is 1. The summed E-state index contributed by atoms with van der Waals surface area (Å²) in [5.74, 6) is -0.864. The molecular formula is C9H11NO3. The highest BCUT2D eigenvalue weighted by molar-refractivity contribution is 5.84. The lowest BCUT2D eigenvalue weighted by atomic mass is 9.95. The number of benzene rings is 1. The number of rotatable bonds is 2. The van der Waals surface area contributed by atoms with Crippen molar-refractivity contribution in [3.05, 3.63) is 29.8 Å². The summed E-state index contributed by atoms with van der Waals surface area (Å²) in [6.07, 6.45) is 0. The van der Waals surface area contributed by atoms with Gasteiger partial charge in [0.2, 0.25) is 0 Å². The Hall–Kier alpha value is -1.55. The van der Waals surface area contributed by atoms with Gasteiger partial charge in [0, 0.05) is 0 Å². The van der Waals surface area contributed by atoms with E-state index in [-0.39, 0.29) is 11.3 Å². The van der Waals surface area contributed by atoms with Gasteiger partial charge in [-0.1, -0.05) is 12.1 Å². The second kappa shape index (κ2) is 3.06. The van der Waals surface area contributed by atoms with Crippen molar-refractivity contribution >= 4 is 5.91 Å². The van der Waals surface area contributed by atoms with E-state index in [0.717, 1.165) is 0 Å². The van der Waals surface area contributed by atoms with Crippen LogP contribution in [0.3, 0.4) is 0 Å². The molecule has 70 valence electrons. The Morgan fingerprint density at radius 1 is 1.54 bits per heavy atom. The van der Waals surface area contributed by atoms with Gasteiger partial charge in [0.05, 0.1) is 0 Å². The van der Waals surface area contributed by atoms with E-state index in [4.69, 9.17) is 10.8 Å². The van der Waals surface area contributed by atoms with Crippen LogP contribution in [-0.4, -0.2) is 16.1 Å². The van der Waals surface area contributed by atoms with Crippen LogP contribution in [0.25, 0.3) is 0 Å². The number of aliphatic hydroxyl groups is 1. The number of hydrogen-bond donors (Lipinski definition) is 3. The normalized spacial score (nSPS) is 14.9. The van der Waals surface area contributed by atoms with E-state index in [9.17, 15) is 9.90 Å². The zero-order chi connectivity index (χ0) is 10.1. The zero-order valence-electron chi connectivity index (χ0n) is 7.19. The summed E-state index contributed by atoms with van der Waals surface area (Å²) in [6, 6.07) is 5.79. The lowest BCUT2D eigenvalue weighted by molar-refractivity contribution is -0.135. The van der Waals surface area contributed by atoms with Crippen LogP contribution < -0.4 is 5.73 Å². The molecule has 0 radical (unpaired) electrons. The number of aromatic hydroxyl groups is 1. The maximum absolute atomic E-state index is 10.8. The first-order valence-electron chi connectivity index (χ1n) is 3.76. The van der Waals surface area contributed by atoms with E-state index in [2.05, 4.69) is 0 Å². The van der Waals surface area contributed by atoms with Crippen molar-refractivity contribution in [1.29, 1.82) is 0 Å². The van der Waals surface area contributed by atoms with Gasteiger partial charge in [-0.25, -0.2) is 0 Å². The van der Waals surface area contributed by atoms with E-state index >= 15 is 0 Å². The number of primary amides is 1. The quantitative estimate of drug-likeness (QED) is 0.604. The second-order valence-electron chi connectivity index (χ2n) is 2.99. The molecule has 0 aliphatic rings.